The zero-order valence-electron chi connectivity index (χ0n) is 12.1. The van der Waals surface area contributed by atoms with E-state index in [-0.39, 0.29) is 0 Å². The smallest absolute Gasteiger partial charge is 0.0645 e. The van der Waals surface area contributed by atoms with Crippen LogP contribution in [0.3, 0.4) is 0 Å². The Kier molecular flexibility index (Phi) is 3.90. The number of ether oxygens (including phenoxy) is 1. The lowest BCUT2D eigenvalue weighted by Crippen LogP contribution is -2.51. The van der Waals surface area contributed by atoms with Gasteiger partial charge < -0.3 is 4.74 Å². The summed E-state index contributed by atoms with van der Waals surface area (Å²) in [6.45, 7) is 8.94. The molecule has 2 aliphatic rings. The Labute approximate surface area is 116 Å². The second-order valence-corrected chi connectivity index (χ2v) is 6.33. The van der Waals surface area contributed by atoms with E-state index in [0.717, 1.165) is 19.1 Å². The summed E-state index contributed by atoms with van der Waals surface area (Å²) in [5.41, 5.74) is 3.03. The Bertz CT molecular complexity index is 417. The molecule has 2 saturated heterocycles. The molecule has 0 aliphatic carbocycles. The van der Waals surface area contributed by atoms with Crippen molar-refractivity contribution in [1.29, 1.82) is 0 Å². The highest BCUT2D eigenvalue weighted by Gasteiger charge is 2.29. The van der Waals surface area contributed by atoms with Gasteiger partial charge in [-0.2, -0.15) is 0 Å². The lowest BCUT2D eigenvalue weighted by Gasteiger charge is -2.41. The molecule has 19 heavy (non-hydrogen) atoms. The molecule has 0 bridgehead atoms. The van der Waals surface area contributed by atoms with Crippen LogP contribution < -0.4 is 0 Å². The van der Waals surface area contributed by atoms with Gasteiger partial charge in [0.15, 0.2) is 0 Å². The van der Waals surface area contributed by atoms with Gasteiger partial charge in [0.2, 0.25) is 0 Å². The van der Waals surface area contributed by atoms with Gasteiger partial charge in [-0.3, -0.25) is 4.90 Å². The van der Waals surface area contributed by atoms with Crippen LogP contribution in [0.25, 0.3) is 0 Å². The van der Waals surface area contributed by atoms with Crippen molar-refractivity contribution < 1.29 is 4.74 Å². The zero-order valence-corrected chi connectivity index (χ0v) is 12.1. The molecule has 2 nitrogen and oxygen atoms in total. The van der Waals surface area contributed by atoms with Gasteiger partial charge in [-0.25, -0.2) is 0 Å². The van der Waals surface area contributed by atoms with Gasteiger partial charge in [-0.05, 0) is 48.9 Å². The summed E-state index contributed by atoms with van der Waals surface area (Å²) in [4.78, 5) is 2.62. The van der Waals surface area contributed by atoms with E-state index in [9.17, 15) is 0 Å². The first kappa shape index (κ1) is 13.1. The molecule has 0 amide bonds. The van der Waals surface area contributed by atoms with Crippen LogP contribution in [-0.4, -0.2) is 37.2 Å². The van der Waals surface area contributed by atoms with E-state index in [0.29, 0.717) is 12.0 Å². The number of benzene rings is 1. The molecule has 0 radical (unpaired) electrons. The van der Waals surface area contributed by atoms with Crippen LogP contribution in [0.5, 0.6) is 0 Å². The maximum Gasteiger partial charge on any atom is 0.0645 e. The SMILES string of the molecule is CC(C)c1cccc(C2CCN(C3COC3)CC2)c1. The molecule has 0 N–H and O–H groups in total. The van der Waals surface area contributed by atoms with E-state index in [1.807, 2.05) is 0 Å². The lowest BCUT2D eigenvalue weighted by atomic mass is 9.87. The molecule has 1 aromatic carbocycles. The summed E-state index contributed by atoms with van der Waals surface area (Å²) in [7, 11) is 0. The van der Waals surface area contributed by atoms with Crippen molar-refractivity contribution in [2.24, 2.45) is 0 Å². The fourth-order valence-electron chi connectivity index (χ4n) is 3.20. The summed E-state index contributed by atoms with van der Waals surface area (Å²) in [6, 6.07) is 9.95. The quantitative estimate of drug-likeness (QED) is 0.825. The van der Waals surface area contributed by atoms with Gasteiger partial charge in [-0.15, -0.1) is 0 Å². The summed E-state index contributed by atoms with van der Waals surface area (Å²) < 4.78 is 5.30. The van der Waals surface area contributed by atoms with E-state index in [1.165, 1.54) is 31.5 Å². The predicted octanol–water partition coefficient (Wildman–Crippen LogP) is 3.39. The van der Waals surface area contributed by atoms with E-state index >= 15 is 0 Å². The average molecular weight is 259 g/mol. The van der Waals surface area contributed by atoms with E-state index in [4.69, 9.17) is 4.74 Å². The number of hydrogen-bond donors (Lipinski definition) is 0. The number of rotatable bonds is 3. The molecule has 0 spiro atoms. The van der Waals surface area contributed by atoms with Crippen LogP contribution in [0, 0.1) is 0 Å². The normalized spacial score (nSPS) is 22.7. The highest BCUT2D eigenvalue weighted by Crippen LogP contribution is 2.31. The van der Waals surface area contributed by atoms with Crippen molar-refractivity contribution in [3.05, 3.63) is 35.4 Å². The van der Waals surface area contributed by atoms with Gasteiger partial charge in [0.25, 0.3) is 0 Å². The molecule has 2 aliphatic heterocycles. The van der Waals surface area contributed by atoms with Crippen molar-refractivity contribution in [2.75, 3.05) is 26.3 Å². The maximum atomic E-state index is 5.30. The highest BCUT2D eigenvalue weighted by molar-refractivity contribution is 5.28. The average Bonchev–Trinajstić information content (AvgIpc) is 2.38. The summed E-state index contributed by atoms with van der Waals surface area (Å²) in [6.07, 6.45) is 2.61. The third kappa shape index (κ3) is 2.85. The molecule has 3 rings (SSSR count). The molecule has 0 saturated carbocycles. The first-order chi connectivity index (χ1) is 9.24. The number of nitrogens with zero attached hydrogens (tertiary/aromatic N) is 1. The predicted molar refractivity (Wildman–Crippen MR) is 78.7 cm³/mol. The van der Waals surface area contributed by atoms with Crippen LogP contribution in [0.4, 0.5) is 0 Å². The van der Waals surface area contributed by atoms with Crippen molar-refractivity contribution in [3.8, 4) is 0 Å². The maximum absolute atomic E-state index is 5.30. The van der Waals surface area contributed by atoms with E-state index in [2.05, 4.69) is 43.0 Å². The van der Waals surface area contributed by atoms with Gasteiger partial charge in [0.1, 0.15) is 0 Å². The van der Waals surface area contributed by atoms with Crippen LogP contribution in [0.15, 0.2) is 24.3 Å². The Morgan fingerprint density at radius 3 is 2.47 bits per heavy atom. The van der Waals surface area contributed by atoms with Crippen LogP contribution in [-0.2, 0) is 4.74 Å². The second kappa shape index (κ2) is 5.64. The molecular weight excluding hydrogens is 234 g/mol. The Morgan fingerprint density at radius 2 is 1.89 bits per heavy atom. The molecule has 2 heterocycles. The third-order valence-corrected chi connectivity index (χ3v) is 4.72. The Morgan fingerprint density at radius 1 is 1.16 bits per heavy atom. The number of likely N-dealkylation sites (tertiary alicyclic amines) is 1. The first-order valence-electron chi connectivity index (χ1n) is 7.65. The van der Waals surface area contributed by atoms with Crippen molar-refractivity contribution in [3.63, 3.8) is 0 Å². The minimum absolute atomic E-state index is 0.632. The molecular formula is C17H25NO. The molecule has 104 valence electrons. The van der Waals surface area contributed by atoms with Crippen molar-refractivity contribution in [1.82, 2.24) is 4.90 Å². The molecule has 0 unspecified atom stereocenters. The van der Waals surface area contributed by atoms with E-state index in [1.54, 1.807) is 5.56 Å². The number of piperidine rings is 1. The molecule has 2 fully saturated rings. The Balaban J connectivity index is 1.62. The molecule has 0 atom stereocenters. The van der Waals surface area contributed by atoms with Gasteiger partial charge in [-0.1, -0.05) is 38.1 Å². The summed E-state index contributed by atoms with van der Waals surface area (Å²) >= 11 is 0. The van der Waals surface area contributed by atoms with Crippen LogP contribution in [0.2, 0.25) is 0 Å². The zero-order chi connectivity index (χ0) is 13.2. The summed E-state index contributed by atoms with van der Waals surface area (Å²) in [5.74, 6) is 1.39. The van der Waals surface area contributed by atoms with Crippen LogP contribution in [0.1, 0.15) is 49.7 Å². The standard InChI is InChI=1S/C17H25NO/c1-13(2)15-4-3-5-16(10-15)14-6-8-18(9-7-14)17-11-19-12-17/h3-5,10,13-14,17H,6-9,11-12H2,1-2H3. The molecule has 0 aromatic heterocycles. The summed E-state index contributed by atoms with van der Waals surface area (Å²) in [5, 5.41) is 0. The van der Waals surface area contributed by atoms with Crippen LogP contribution >= 0.6 is 0 Å². The van der Waals surface area contributed by atoms with Gasteiger partial charge in [0.05, 0.1) is 19.3 Å². The lowest BCUT2D eigenvalue weighted by molar-refractivity contribution is -0.0712. The highest BCUT2D eigenvalue weighted by atomic mass is 16.5. The fraction of sp³-hybridized carbons (Fsp3) is 0.647. The fourth-order valence-corrected chi connectivity index (χ4v) is 3.20. The third-order valence-electron chi connectivity index (χ3n) is 4.72. The van der Waals surface area contributed by atoms with Gasteiger partial charge >= 0.3 is 0 Å². The minimum Gasteiger partial charge on any atom is -0.378 e. The van der Waals surface area contributed by atoms with Crippen molar-refractivity contribution >= 4 is 0 Å². The Hall–Kier alpha value is -0.860. The van der Waals surface area contributed by atoms with Gasteiger partial charge in [0, 0.05) is 0 Å². The van der Waals surface area contributed by atoms with E-state index < -0.39 is 0 Å². The topological polar surface area (TPSA) is 12.5 Å². The van der Waals surface area contributed by atoms with Crippen molar-refractivity contribution in [2.45, 2.75) is 44.6 Å². The first-order valence-corrected chi connectivity index (χ1v) is 7.65. The second-order valence-electron chi connectivity index (χ2n) is 6.33. The number of hydrogen-bond acceptors (Lipinski definition) is 2. The largest absolute Gasteiger partial charge is 0.378 e. The minimum atomic E-state index is 0.632. The molecule has 2 heteroatoms. The monoisotopic (exact) mass is 259 g/mol. The molecule has 1 aromatic rings.